The monoisotopic (exact) mass is 690 g/mol. The van der Waals surface area contributed by atoms with Crippen LogP contribution in [0.3, 0.4) is 0 Å². The van der Waals surface area contributed by atoms with Crippen molar-refractivity contribution in [2.75, 3.05) is 59.4 Å². The fraction of sp³-hybridized carbons (Fsp3) is 0.500. The van der Waals surface area contributed by atoms with Gasteiger partial charge in [-0.3, -0.25) is 14.5 Å². The van der Waals surface area contributed by atoms with Crippen molar-refractivity contribution < 1.29 is 27.5 Å². The Kier molecular flexibility index (Phi) is 11.2. The number of amides is 2. The SMILES string of the molecule is CC(C)C(C(=O)N1CC[C@@H]2CN(C(=O)c3ccc(CN4CCN(C)CC4)c(C(F)(F)F)c3)C[C@@H]2CC1)c1ccc(OCc2ccccc2)cc1. The van der Waals surface area contributed by atoms with E-state index in [-0.39, 0.29) is 53.2 Å². The summed E-state index contributed by atoms with van der Waals surface area (Å²) in [7, 11) is 2.01. The molecular formula is C40H49F3N4O3. The van der Waals surface area contributed by atoms with Crippen LogP contribution in [0.15, 0.2) is 72.8 Å². The quantitative estimate of drug-likeness (QED) is 0.248. The van der Waals surface area contributed by atoms with Gasteiger partial charge in [0.1, 0.15) is 12.4 Å². The topological polar surface area (TPSA) is 56.3 Å². The summed E-state index contributed by atoms with van der Waals surface area (Å²) in [5.74, 6) is 0.745. The van der Waals surface area contributed by atoms with Crippen LogP contribution >= 0.6 is 0 Å². The number of halogens is 3. The van der Waals surface area contributed by atoms with E-state index in [9.17, 15) is 22.8 Å². The van der Waals surface area contributed by atoms with Crippen LogP contribution in [0.2, 0.25) is 0 Å². The number of hydrogen-bond acceptors (Lipinski definition) is 5. The van der Waals surface area contributed by atoms with Gasteiger partial charge in [0.25, 0.3) is 5.91 Å². The minimum absolute atomic E-state index is 0.0870. The Morgan fingerprint density at radius 2 is 1.46 bits per heavy atom. The van der Waals surface area contributed by atoms with Crippen LogP contribution in [0, 0.1) is 17.8 Å². The van der Waals surface area contributed by atoms with Crippen LogP contribution in [0.25, 0.3) is 0 Å². The second kappa shape index (κ2) is 15.6. The molecule has 3 fully saturated rings. The Morgan fingerprint density at radius 1 is 0.820 bits per heavy atom. The summed E-state index contributed by atoms with van der Waals surface area (Å²) in [6.45, 7) is 10.1. The molecule has 3 aliphatic heterocycles. The van der Waals surface area contributed by atoms with E-state index >= 15 is 0 Å². The molecule has 6 rings (SSSR count). The summed E-state index contributed by atoms with van der Waals surface area (Å²) in [5.41, 5.74) is 1.63. The van der Waals surface area contributed by atoms with Crippen LogP contribution in [-0.4, -0.2) is 90.8 Å². The summed E-state index contributed by atoms with van der Waals surface area (Å²) in [4.78, 5) is 35.5. The number of carbonyl (C=O) groups is 2. The molecule has 0 N–H and O–H groups in total. The Labute approximate surface area is 294 Å². The fourth-order valence-electron chi connectivity index (χ4n) is 7.80. The van der Waals surface area contributed by atoms with Gasteiger partial charge < -0.3 is 19.4 Å². The van der Waals surface area contributed by atoms with Crippen molar-refractivity contribution in [2.45, 2.75) is 51.9 Å². The van der Waals surface area contributed by atoms with E-state index < -0.39 is 11.7 Å². The molecule has 0 spiro atoms. The summed E-state index contributed by atoms with van der Waals surface area (Å²) in [5, 5.41) is 0. The largest absolute Gasteiger partial charge is 0.489 e. The van der Waals surface area contributed by atoms with E-state index in [2.05, 4.69) is 18.7 Å². The highest BCUT2D eigenvalue weighted by atomic mass is 19.4. The molecule has 3 aromatic rings. The Hall–Kier alpha value is -3.89. The highest BCUT2D eigenvalue weighted by Crippen LogP contribution is 2.37. The molecule has 0 bridgehead atoms. The smallest absolute Gasteiger partial charge is 0.416 e. The molecule has 10 heteroatoms. The zero-order valence-corrected chi connectivity index (χ0v) is 29.4. The minimum Gasteiger partial charge on any atom is -0.489 e. The number of alkyl halides is 3. The molecule has 2 amide bonds. The summed E-state index contributed by atoms with van der Waals surface area (Å²) >= 11 is 0. The fourth-order valence-corrected chi connectivity index (χ4v) is 7.80. The number of piperazine rings is 1. The second-order valence-corrected chi connectivity index (χ2v) is 14.6. The Bertz CT molecular complexity index is 1590. The standard InChI is InChI=1S/C40H49F3N4O3/c1-28(2)37(30-11-13-35(14-12-30)50-27-29-7-5-4-6-8-29)39(49)46-17-15-32-25-47(26-33(32)16-18-46)38(48)31-9-10-34(36(23-31)40(41,42)43)24-45-21-19-44(3)20-22-45/h4-14,23,28,32-33,37H,15-22,24-27H2,1-3H3/t32-,33+,37?. The van der Waals surface area contributed by atoms with Gasteiger partial charge in [0.05, 0.1) is 11.5 Å². The van der Waals surface area contributed by atoms with Gasteiger partial charge in [0.2, 0.25) is 5.91 Å². The van der Waals surface area contributed by atoms with E-state index in [1.807, 2.05) is 71.4 Å². The van der Waals surface area contributed by atoms with Crippen molar-refractivity contribution in [3.63, 3.8) is 0 Å². The van der Waals surface area contributed by atoms with E-state index in [0.717, 1.165) is 48.9 Å². The summed E-state index contributed by atoms with van der Waals surface area (Å²) in [6, 6.07) is 21.9. The van der Waals surface area contributed by atoms with Crippen LogP contribution in [0.4, 0.5) is 13.2 Å². The van der Waals surface area contributed by atoms with Crippen molar-refractivity contribution in [1.29, 1.82) is 0 Å². The predicted octanol–water partition coefficient (Wildman–Crippen LogP) is 6.78. The molecule has 7 nitrogen and oxygen atoms in total. The van der Waals surface area contributed by atoms with Crippen LogP contribution in [0.5, 0.6) is 5.75 Å². The first kappa shape index (κ1) is 35.9. The van der Waals surface area contributed by atoms with E-state index in [1.54, 1.807) is 11.0 Å². The minimum atomic E-state index is -4.54. The molecule has 1 unspecified atom stereocenters. The first-order valence-corrected chi connectivity index (χ1v) is 17.9. The number of fused-ring (bicyclic) bond motifs is 1. The molecule has 3 atom stereocenters. The lowest BCUT2D eigenvalue weighted by Crippen LogP contribution is -2.44. The molecule has 3 saturated heterocycles. The number of likely N-dealkylation sites (tertiary alicyclic amines) is 2. The van der Waals surface area contributed by atoms with Crippen LogP contribution in [-0.2, 0) is 24.1 Å². The number of nitrogens with zero attached hydrogens (tertiary/aromatic N) is 4. The molecule has 3 aliphatic rings. The number of benzene rings is 3. The molecular weight excluding hydrogens is 641 g/mol. The van der Waals surface area contributed by atoms with Crippen molar-refractivity contribution in [3.8, 4) is 5.75 Å². The van der Waals surface area contributed by atoms with Gasteiger partial charge in [-0.15, -0.1) is 0 Å². The molecule has 3 aromatic carbocycles. The number of rotatable bonds is 9. The maximum absolute atomic E-state index is 14.2. The zero-order valence-electron chi connectivity index (χ0n) is 29.4. The molecule has 50 heavy (non-hydrogen) atoms. The Morgan fingerprint density at radius 3 is 2.06 bits per heavy atom. The van der Waals surface area contributed by atoms with Gasteiger partial charge in [-0.2, -0.15) is 13.2 Å². The number of likely N-dealkylation sites (N-methyl/N-ethyl adjacent to an activating group) is 1. The van der Waals surface area contributed by atoms with Gasteiger partial charge >= 0.3 is 6.18 Å². The summed E-state index contributed by atoms with van der Waals surface area (Å²) < 4.78 is 48.6. The van der Waals surface area contributed by atoms with Gasteiger partial charge in [0, 0.05) is 64.5 Å². The third kappa shape index (κ3) is 8.52. The van der Waals surface area contributed by atoms with Crippen molar-refractivity contribution >= 4 is 11.8 Å². The van der Waals surface area contributed by atoms with Gasteiger partial charge in [-0.05, 0) is 78.6 Å². The third-order valence-corrected chi connectivity index (χ3v) is 10.8. The highest BCUT2D eigenvalue weighted by Gasteiger charge is 2.40. The third-order valence-electron chi connectivity index (χ3n) is 10.8. The van der Waals surface area contributed by atoms with E-state index in [1.165, 1.54) is 6.07 Å². The number of hydrogen-bond donors (Lipinski definition) is 0. The van der Waals surface area contributed by atoms with Crippen LogP contribution in [0.1, 0.15) is 65.2 Å². The second-order valence-electron chi connectivity index (χ2n) is 14.6. The van der Waals surface area contributed by atoms with Gasteiger partial charge in [-0.1, -0.05) is 62.4 Å². The first-order chi connectivity index (χ1) is 24.0. The van der Waals surface area contributed by atoms with Gasteiger partial charge in [-0.25, -0.2) is 0 Å². The average Bonchev–Trinajstić information content (AvgIpc) is 3.41. The van der Waals surface area contributed by atoms with Crippen molar-refractivity contribution in [3.05, 3.63) is 101 Å². The lowest BCUT2D eigenvalue weighted by Gasteiger charge is -2.33. The Balaban J connectivity index is 1.06. The molecule has 0 aliphatic carbocycles. The van der Waals surface area contributed by atoms with E-state index in [4.69, 9.17) is 4.74 Å². The number of ether oxygens (including phenoxy) is 1. The average molecular weight is 691 g/mol. The maximum atomic E-state index is 14.2. The zero-order chi connectivity index (χ0) is 35.4. The van der Waals surface area contributed by atoms with Gasteiger partial charge in [0.15, 0.2) is 0 Å². The number of carbonyl (C=O) groups excluding carboxylic acids is 2. The van der Waals surface area contributed by atoms with Crippen molar-refractivity contribution in [2.24, 2.45) is 17.8 Å². The van der Waals surface area contributed by atoms with Crippen molar-refractivity contribution in [1.82, 2.24) is 19.6 Å². The summed E-state index contributed by atoms with van der Waals surface area (Å²) in [6.07, 6.45) is -3.03. The lowest BCUT2D eigenvalue weighted by atomic mass is 9.87. The normalized spacial score (nSPS) is 21.2. The predicted molar refractivity (Wildman–Crippen MR) is 188 cm³/mol. The maximum Gasteiger partial charge on any atom is 0.416 e. The first-order valence-electron chi connectivity index (χ1n) is 17.9. The molecule has 3 heterocycles. The highest BCUT2D eigenvalue weighted by molar-refractivity contribution is 5.94. The lowest BCUT2D eigenvalue weighted by molar-refractivity contribution is -0.138. The molecule has 0 aromatic heterocycles. The molecule has 0 saturated carbocycles. The molecule has 0 radical (unpaired) electrons. The molecule has 268 valence electrons. The van der Waals surface area contributed by atoms with E-state index in [0.29, 0.717) is 45.9 Å². The van der Waals surface area contributed by atoms with Crippen LogP contribution < -0.4 is 4.74 Å².